The summed E-state index contributed by atoms with van der Waals surface area (Å²) >= 11 is 13.2. The van der Waals surface area contributed by atoms with Gasteiger partial charge in [0.25, 0.3) is 0 Å². The number of hydrogen-bond donors (Lipinski definition) is 1. The summed E-state index contributed by atoms with van der Waals surface area (Å²) in [4.78, 5) is 26.8. The molecule has 2 aromatic rings. The van der Waals surface area contributed by atoms with Crippen LogP contribution in [0.15, 0.2) is 30.3 Å². The van der Waals surface area contributed by atoms with Crippen molar-refractivity contribution in [2.24, 2.45) is 0 Å². The monoisotopic (exact) mass is 536 g/mol. The number of urea groups is 1. The largest absolute Gasteiger partial charge is 0.496 e. The number of nitrogens with one attached hydrogen (secondary N) is 1. The number of rotatable bonds is 9. The van der Waals surface area contributed by atoms with E-state index in [-0.39, 0.29) is 40.9 Å². The molecule has 36 heavy (non-hydrogen) atoms. The molecule has 0 unspecified atom stereocenters. The molecule has 1 fully saturated rings. The van der Waals surface area contributed by atoms with Crippen molar-refractivity contribution < 1.29 is 23.8 Å². The smallest absolute Gasteiger partial charge is 0.326 e. The average Bonchev–Trinajstić information content (AvgIpc) is 2.85. The van der Waals surface area contributed by atoms with Crippen LogP contribution in [0, 0.1) is 0 Å². The fourth-order valence-corrected chi connectivity index (χ4v) is 4.81. The summed E-state index contributed by atoms with van der Waals surface area (Å²) in [5.74, 6) is 1.27. The average molecular weight is 537 g/mol. The van der Waals surface area contributed by atoms with E-state index in [2.05, 4.69) is 19.2 Å². The Morgan fingerprint density at radius 1 is 1.08 bits per heavy atom. The predicted molar refractivity (Wildman–Crippen MR) is 143 cm³/mol. The van der Waals surface area contributed by atoms with E-state index in [1.165, 1.54) is 11.3 Å². The first-order valence-electron chi connectivity index (χ1n) is 12.3. The Labute approximate surface area is 223 Å². The van der Waals surface area contributed by atoms with Gasteiger partial charge < -0.3 is 19.5 Å². The van der Waals surface area contributed by atoms with Crippen LogP contribution in [0.3, 0.4) is 0 Å². The lowest BCUT2D eigenvalue weighted by Gasteiger charge is -2.28. The summed E-state index contributed by atoms with van der Waals surface area (Å²) in [5.41, 5.74) is 1.36. The molecule has 2 amide bonds. The highest BCUT2D eigenvalue weighted by Gasteiger charge is 2.25. The zero-order chi connectivity index (χ0) is 26.2. The van der Waals surface area contributed by atoms with Crippen LogP contribution in [0.1, 0.15) is 64.4 Å². The van der Waals surface area contributed by atoms with Crippen molar-refractivity contribution in [3.8, 4) is 17.2 Å². The molecule has 0 aromatic heterocycles. The first-order chi connectivity index (χ1) is 17.2. The molecule has 0 spiro atoms. The Morgan fingerprint density at radius 2 is 1.75 bits per heavy atom. The Balaban J connectivity index is 1.88. The number of hydrogen-bond acceptors (Lipinski definition) is 5. The van der Waals surface area contributed by atoms with E-state index in [4.69, 9.17) is 37.4 Å². The molecule has 3 rings (SSSR count). The predicted octanol–water partition coefficient (Wildman–Crippen LogP) is 7.33. The Morgan fingerprint density at radius 3 is 2.33 bits per heavy atom. The van der Waals surface area contributed by atoms with Gasteiger partial charge in [0.2, 0.25) is 0 Å². The Bertz CT molecular complexity index is 1050. The van der Waals surface area contributed by atoms with Gasteiger partial charge in [0.15, 0.2) is 5.75 Å². The van der Waals surface area contributed by atoms with Crippen LogP contribution in [0.25, 0.3) is 0 Å². The number of methoxy groups -OCH3 is 1. The van der Waals surface area contributed by atoms with Crippen LogP contribution in [-0.2, 0) is 9.53 Å². The highest BCUT2D eigenvalue weighted by atomic mass is 35.5. The van der Waals surface area contributed by atoms with E-state index >= 15 is 0 Å². The van der Waals surface area contributed by atoms with E-state index in [1.807, 2.05) is 12.1 Å². The summed E-state index contributed by atoms with van der Waals surface area (Å²) in [6.07, 6.45) is 5.12. The quantitative estimate of drug-likeness (QED) is 0.339. The van der Waals surface area contributed by atoms with Gasteiger partial charge in [-0.3, -0.25) is 9.69 Å². The SMILES string of the molecule is CCOC(=O)CN(C(=O)NC1CCCCC1)c1cc(Cl)c(Oc2ccc(OC)c(C(C)C)c2)c(Cl)c1. The van der Waals surface area contributed by atoms with E-state index < -0.39 is 12.0 Å². The molecule has 196 valence electrons. The van der Waals surface area contributed by atoms with Crippen LogP contribution in [-0.4, -0.2) is 38.3 Å². The zero-order valence-corrected chi connectivity index (χ0v) is 22.7. The zero-order valence-electron chi connectivity index (χ0n) is 21.2. The summed E-state index contributed by atoms with van der Waals surface area (Å²) < 4.78 is 16.6. The van der Waals surface area contributed by atoms with E-state index in [0.717, 1.165) is 37.0 Å². The molecule has 1 N–H and O–H groups in total. The van der Waals surface area contributed by atoms with Crippen molar-refractivity contribution in [2.75, 3.05) is 25.2 Å². The molecule has 2 aromatic carbocycles. The number of amides is 2. The molecule has 9 heteroatoms. The number of anilines is 1. The van der Waals surface area contributed by atoms with Crippen molar-refractivity contribution in [1.29, 1.82) is 0 Å². The fourth-order valence-electron chi connectivity index (χ4n) is 4.26. The van der Waals surface area contributed by atoms with Crippen LogP contribution >= 0.6 is 23.2 Å². The molecular formula is C27H34Cl2N2O5. The number of ether oxygens (including phenoxy) is 3. The maximum absolute atomic E-state index is 13.2. The van der Waals surface area contributed by atoms with Gasteiger partial charge in [-0.2, -0.15) is 0 Å². The maximum atomic E-state index is 13.2. The van der Waals surface area contributed by atoms with Crippen LogP contribution in [0.2, 0.25) is 10.0 Å². The number of carbonyl (C=O) groups is 2. The van der Waals surface area contributed by atoms with Crippen LogP contribution in [0.4, 0.5) is 10.5 Å². The third kappa shape index (κ3) is 7.20. The molecule has 0 saturated heterocycles. The standard InChI is InChI=1S/C27H34Cl2N2O5/c1-5-35-25(32)16-31(27(33)30-18-9-7-6-8-10-18)19-13-22(28)26(23(29)14-19)36-20-11-12-24(34-4)21(15-20)17(2)3/h11-15,17-18H,5-10,16H2,1-4H3,(H,30,33). The van der Waals surface area contributed by atoms with Crippen molar-refractivity contribution in [2.45, 2.75) is 64.8 Å². The molecule has 0 aliphatic heterocycles. The fraction of sp³-hybridized carbons (Fsp3) is 0.481. The number of benzene rings is 2. The summed E-state index contributed by atoms with van der Waals surface area (Å²) in [7, 11) is 1.63. The van der Waals surface area contributed by atoms with Crippen LogP contribution in [0.5, 0.6) is 17.2 Å². The molecule has 0 atom stereocenters. The summed E-state index contributed by atoms with van der Waals surface area (Å²) in [6.45, 7) is 5.79. The third-order valence-corrected chi connectivity index (χ3v) is 6.67. The van der Waals surface area contributed by atoms with Gasteiger partial charge in [-0.25, -0.2) is 4.79 Å². The second kappa shape index (κ2) is 13.1. The second-order valence-electron chi connectivity index (χ2n) is 9.07. The van der Waals surface area contributed by atoms with Gasteiger partial charge in [0.1, 0.15) is 18.0 Å². The van der Waals surface area contributed by atoms with Gasteiger partial charge in [-0.1, -0.05) is 56.3 Å². The minimum atomic E-state index is -0.525. The van der Waals surface area contributed by atoms with E-state index in [9.17, 15) is 9.59 Å². The third-order valence-electron chi connectivity index (χ3n) is 6.11. The summed E-state index contributed by atoms with van der Waals surface area (Å²) in [5, 5.41) is 3.45. The van der Waals surface area contributed by atoms with Gasteiger partial charge >= 0.3 is 12.0 Å². The summed E-state index contributed by atoms with van der Waals surface area (Å²) in [6, 6.07) is 8.29. The van der Waals surface area contributed by atoms with E-state index in [0.29, 0.717) is 11.4 Å². The van der Waals surface area contributed by atoms with Crippen molar-refractivity contribution >= 4 is 40.9 Å². The molecule has 7 nitrogen and oxygen atoms in total. The van der Waals surface area contributed by atoms with Gasteiger partial charge in [0.05, 0.1) is 23.8 Å². The first kappa shape index (κ1) is 27.9. The van der Waals surface area contributed by atoms with Crippen molar-refractivity contribution in [1.82, 2.24) is 5.32 Å². The minimum Gasteiger partial charge on any atom is -0.496 e. The van der Waals surface area contributed by atoms with E-state index in [1.54, 1.807) is 32.2 Å². The topological polar surface area (TPSA) is 77.1 Å². The number of esters is 1. The Hall–Kier alpha value is -2.64. The Kier molecular flexibility index (Phi) is 10.1. The lowest BCUT2D eigenvalue weighted by atomic mass is 9.96. The molecular weight excluding hydrogens is 503 g/mol. The minimum absolute atomic E-state index is 0.0646. The molecule has 1 aliphatic rings. The second-order valence-corrected chi connectivity index (χ2v) is 9.89. The molecule has 0 radical (unpaired) electrons. The van der Waals surface area contributed by atoms with Gasteiger partial charge in [-0.15, -0.1) is 0 Å². The highest BCUT2D eigenvalue weighted by Crippen LogP contribution is 2.41. The lowest BCUT2D eigenvalue weighted by molar-refractivity contribution is -0.141. The number of halogens is 2. The molecule has 0 bridgehead atoms. The van der Waals surface area contributed by atoms with Crippen LogP contribution < -0.4 is 19.7 Å². The maximum Gasteiger partial charge on any atom is 0.326 e. The van der Waals surface area contributed by atoms with Crippen molar-refractivity contribution in [3.05, 3.63) is 45.9 Å². The van der Waals surface area contributed by atoms with Crippen molar-refractivity contribution in [3.63, 3.8) is 0 Å². The highest BCUT2D eigenvalue weighted by molar-refractivity contribution is 6.37. The first-order valence-corrected chi connectivity index (χ1v) is 13.1. The number of carbonyl (C=O) groups excluding carboxylic acids is 2. The molecule has 0 heterocycles. The molecule has 1 aliphatic carbocycles. The molecule has 1 saturated carbocycles. The van der Waals surface area contributed by atoms with Gasteiger partial charge in [-0.05, 0) is 56.0 Å². The lowest BCUT2D eigenvalue weighted by Crippen LogP contribution is -2.47. The normalized spacial score (nSPS) is 13.9. The van der Waals surface area contributed by atoms with Gasteiger partial charge in [0, 0.05) is 17.3 Å². The number of nitrogens with zero attached hydrogens (tertiary/aromatic N) is 1.